The summed E-state index contributed by atoms with van der Waals surface area (Å²) in [6.45, 7) is 0. The van der Waals surface area contributed by atoms with Gasteiger partial charge in [0.15, 0.2) is 0 Å². The van der Waals surface area contributed by atoms with E-state index in [2.05, 4.69) is 0 Å². The lowest BCUT2D eigenvalue weighted by Gasteiger charge is -2.15. The van der Waals surface area contributed by atoms with Crippen LogP contribution in [0.25, 0.3) is 21.5 Å². The summed E-state index contributed by atoms with van der Waals surface area (Å²) in [6, 6.07) is 16.0. The van der Waals surface area contributed by atoms with Crippen molar-refractivity contribution in [2.24, 2.45) is 0 Å². The largest absolute Gasteiger partial charge is 0.508 e. The fourth-order valence-electron chi connectivity index (χ4n) is 3.74. The van der Waals surface area contributed by atoms with E-state index in [4.69, 9.17) is 0 Å². The molecule has 4 aromatic carbocycles. The maximum absolute atomic E-state index is 11.6. The highest BCUT2D eigenvalue weighted by molar-refractivity contribution is 6.07. The van der Waals surface area contributed by atoms with E-state index >= 15 is 0 Å². The monoisotopic (exact) mass is 388 g/mol. The van der Waals surface area contributed by atoms with E-state index in [1.165, 1.54) is 12.1 Å². The zero-order chi connectivity index (χ0) is 20.7. The van der Waals surface area contributed by atoms with Crippen molar-refractivity contribution in [3.63, 3.8) is 0 Å². The third-order valence-electron chi connectivity index (χ3n) is 5.08. The molecule has 0 heterocycles. The number of aromatic hydroxyl groups is 2. The molecule has 29 heavy (non-hydrogen) atoms. The third kappa shape index (κ3) is 3.00. The number of rotatable bonds is 4. The Morgan fingerprint density at radius 3 is 1.31 bits per heavy atom. The Balaban J connectivity index is 1.99. The van der Waals surface area contributed by atoms with Crippen LogP contribution in [-0.2, 0) is 6.42 Å². The van der Waals surface area contributed by atoms with Crippen molar-refractivity contribution in [1.29, 1.82) is 0 Å². The van der Waals surface area contributed by atoms with Crippen LogP contribution in [0.15, 0.2) is 60.7 Å². The molecule has 0 radical (unpaired) electrons. The fraction of sp³-hybridized carbons (Fsp3) is 0.0435. The molecular weight excluding hydrogens is 372 g/mol. The van der Waals surface area contributed by atoms with Crippen LogP contribution in [0.4, 0.5) is 0 Å². The van der Waals surface area contributed by atoms with Crippen molar-refractivity contribution in [2.45, 2.75) is 6.42 Å². The number of hydrogen-bond acceptors (Lipinski definition) is 4. The van der Waals surface area contributed by atoms with Crippen LogP contribution in [0, 0.1) is 0 Å². The fourth-order valence-corrected chi connectivity index (χ4v) is 3.74. The summed E-state index contributed by atoms with van der Waals surface area (Å²) < 4.78 is 0. The van der Waals surface area contributed by atoms with Gasteiger partial charge in [0.2, 0.25) is 0 Å². The molecule has 0 bridgehead atoms. The van der Waals surface area contributed by atoms with Crippen LogP contribution < -0.4 is 0 Å². The van der Waals surface area contributed by atoms with E-state index in [1.54, 1.807) is 48.5 Å². The van der Waals surface area contributed by atoms with E-state index in [0.717, 1.165) is 0 Å². The van der Waals surface area contributed by atoms with Gasteiger partial charge in [-0.25, -0.2) is 9.59 Å². The van der Waals surface area contributed by atoms with Crippen LogP contribution in [0.1, 0.15) is 31.8 Å². The molecule has 0 spiro atoms. The van der Waals surface area contributed by atoms with Gasteiger partial charge in [-0.3, -0.25) is 0 Å². The standard InChI is InChI=1S/C23H16O6/c24-20-10-18(22(26)27)14-7-3-1-5-12(14)16(20)9-17-13-6-2-4-8-15(13)19(23(28)29)11-21(17)25/h1-8,10-11,24-25H,9H2,(H,26,27)(H,28,29). The first-order valence-corrected chi connectivity index (χ1v) is 8.82. The molecule has 0 atom stereocenters. The summed E-state index contributed by atoms with van der Waals surface area (Å²) in [7, 11) is 0. The zero-order valence-electron chi connectivity index (χ0n) is 15.1. The molecule has 0 aromatic heterocycles. The van der Waals surface area contributed by atoms with Crippen LogP contribution in [-0.4, -0.2) is 32.4 Å². The molecule has 0 saturated heterocycles. The molecule has 4 aromatic rings. The van der Waals surface area contributed by atoms with Crippen molar-refractivity contribution in [2.75, 3.05) is 0 Å². The van der Waals surface area contributed by atoms with Crippen LogP contribution in [0.2, 0.25) is 0 Å². The van der Waals surface area contributed by atoms with Crippen molar-refractivity contribution in [3.8, 4) is 11.5 Å². The molecule has 0 fully saturated rings. The lowest BCUT2D eigenvalue weighted by molar-refractivity contribution is 0.0688. The number of hydrogen-bond donors (Lipinski definition) is 4. The van der Waals surface area contributed by atoms with Gasteiger partial charge < -0.3 is 20.4 Å². The Morgan fingerprint density at radius 2 is 0.966 bits per heavy atom. The molecule has 144 valence electrons. The van der Waals surface area contributed by atoms with Crippen molar-refractivity contribution < 1.29 is 30.0 Å². The lowest BCUT2D eigenvalue weighted by Crippen LogP contribution is -2.03. The predicted molar refractivity (Wildman–Crippen MR) is 108 cm³/mol. The van der Waals surface area contributed by atoms with Crippen molar-refractivity contribution in [1.82, 2.24) is 0 Å². The topological polar surface area (TPSA) is 115 Å². The van der Waals surface area contributed by atoms with Gasteiger partial charge in [-0.2, -0.15) is 0 Å². The minimum Gasteiger partial charge on any atom is -0.508 e. The molecule has 0 unspecified atom stereocenters. The first-order chi connectivity index (χ1) is 13.9. The van der Waals surface area contributed by atoms with E-state index in [0.29, 0.717) is 32.7 Å². The van der Waals surface area contributed by atoms with E-state index in [1.807, 2.05) is 0 Å². The van der Waals surface area contributed by atoms with Gasteiger partial charge >= 0.3 is 11.9 Å². The summed E-state index contributed by atoms with van der Waals surface area (Å²) >= 11 is 0. The Bertz CT molecular complexity index is 1200. The molecular formula is C23H16O6. The minimum atomic E-state index is -1.15. The summed E-state index contributed by atoms with van der Waals surface area (Å²) in [4.78, 5) is 23.1. The highest BCUT2D eigenvalue weighted by Crippen LogP contribution is 2.37. The lowest BCUT2D eigenvalue weighted by atomic mass is 9.90. The number of phenols is 2. The Kier molecular flexibility index (Phi) is 4.31. The smallest absolute Gasteiger partial charge is 0.336 e. The summed E-state index contributed by atoms with van der Waals surface area (Å²) in [6.07, 6.45) is 0.0957. The van der Waals surface area contributed by atoms with E-state index in [-0.39, 0.29) is 29.0 Å². The van der Waals surface area contributed by atoms with Gasteiger partial charge in [0.1, 0.15) is 11.5 Å². The normalized spacial score (nSPS) is 11.0. The van der Waals surface area contributed by atoms with Crippen LogP contribution in [0.5, 0.6) is 11.5 Å². The van der Waals surface area contributed by atoms with Gasteiger partial charge in [-0.1, -0.05) is 48.5 Å². The molecule has 0 aliphatic carbocycles. The second-order valence-electron chi connectivity index (χ2n) is 6.72. The minimum absolute atomic E-state index is 0.0165. The highest BCUT2D eigenvalue weighted by atomic mass is 16.4. The average molecular weight is 388 g/mol. The van der Waals surface area contributed by atoms with Gasteiger partial charge in [0.05, 0.1) is 11.1 Å². The molecule has 6 nitrogen and oxygen atoms in total. The number of phenolic OH excluding ortho intramolecular Hbond substituents is 2. The first-order valence-electron chi connectivity index (χ1n) is 8.82. The molecule has 0 saturated carbocycles. The Hall–Kier alpha value is -4.06. The van der Waals surface area contributed by atoms with Gasteiger partial charge in [-0.05, 0) is 33.7 Å². The second-order valence-corrected chi connectivity index (χ2v) is 6.72. The molecule has 4 rings (SSSR count). The second kappa shape index (κ2) is 6.83. The maximum atomic E-state index is 11.6. The van der Waals surface area contributed by atoms with Crippen LogP contribution in [0.3, 0.4) is 0 Å². The maximum Gasteiger partial charge on any atom is 0.336 e. The van der Waals surface area contributed by atoms with Gasteiger partial charge in [-0.15, -0.1) is 0 Å². The SMILES string of the molecule is O=C(O)c1cc(O)c(Cc2c(O)cc(C(=O)O)c3ccccc23)c2ccccc12. The van der Waals surface area contributed by atoms with Gasteiger partial charge in [0.25, 0.3) is 0 Å². The third-order valence-corrected chi connectivity index (χ3v) is 5.08. The molecule has 0 aliphatic rings. The number of fused-ring (bicyclic) bond motifs is 2. The summed E-state index contributed by atoms with van der Waals surface area (Å²) in [5, 5.41) is 42.1. The summed E-state index contributed by atoms with van der Waals surface area (Å²) in [5.74, 6) is -2.71. The highest BCUT2D eigenvalue weighted by Gasteiger charge is 2.20. The zero-order valence-corrected chi connectivity index (χ0v) is 15.1. The van der Waals surface area contributed by atoms with Crippen molar-refractivity contribution in [3.05, 3.63) is 82.9 Å². The number of aromatic carboxylic acids is 2. The Morgan fingerprint density at radius 1 is 0.621 bits per heavy atom. The quantitative estimate of drug-likeness (QED) is 0.412. The Labute approximate surface area is 164 Å². The van der Waals surface area contributed by atoms with Crippen LogP contribution >= 0.6 is 0 Å². The van der Waals surface area contributed by atoms with E-state index < -0.39 is 11.9 Å². The predicted octanol–water partition coefficient (Wildman–Crippen LogP) is 4.39. The summed E-state index contributed by atoms with van der Waals surface area (Å²) in [5.41, 5.74) is 0.873. The number of carboxylic acids is 2. The average Bonchev–Trinajstić information content (AvgIpc) is 2.70. The first kappa shape index (κ1) is 18.3. The number of carboxylic acid groups (broad SMARTS) is 2. The molecule has 0 amide bonds. The molecule has 6 heteroatoms. The van der Waals surface area contributed by atoms with Crippen molar-refractivity contribution >= 4 is 33.5 Å². The molecule has 4 N–H and O–H groups in total. The molecule has 0 aliphatic heterocycles. The number of carbonyl (C=O) groups is 2. The van der Waals surface area contributed by atoms with E-state index in [9.17, 15) is 30.0 Å². The number of benzene rings is 4. The van der Waals surface area contributed by atoms with Gasteiger partial charge in [0, 0.05) is 17.5 Å².